The quantitative estimate of drug-likeness (QED) is 0.389. The van der Waals surface area contributed by atoms with Crippen LogP contribution in [0.2, 0.25) is 0 Å². The summed E-state index contributed by atoms with van der Waals surface area (Å²) in [6.07, 6.45) is 0.880. The molecule has 0 amide bonds. The van der Waals surface area contributed by atoms with Crippen LogP contribution in [0.1, 0.15) is 5.56 Å². The molecule has 2 aromatic rings. The molecule has 0 aliphatic carbocycles. The lowest BCUT2D eigenvalue weighted by Gasteiger charge is -2.14. The topological polar surface area (TPSA) is 44.5 Å². The number of halogens is 5. The van der Waals surface area contributed by atoms with Crippen LogP contribution in [0, 0.1) is 14.3 Å². The van der Waals surface area contributed by atoms with Gasteiger partial charge in [-0.3, -0.25) is 0 Å². The van der Waals surface area contributed by atoms with Crippen molar-refractivity contribution in [2.24, 2.45) is 5.73 Å². The average molecular weight is 783 g/mol. The summed E-state index contributed by atoms with van der Waals surface area (Å²) in [6.45, 7) is 0.654. The van der Waals surface area contributed by atoms with Crippen molar-refractivity contribution in [2.45, 2.75) is 6.42 Å². The number of rotatable bonds is 5. The van der Waals surface area contributed by atoms with E-state index in [0.29, 0.717) is 6.54 Å². The number of hydrogen-bond donors (Lipinski definition) is 1. The first-order chi connectivity index (χ1) is 10.5. The second-order valence-electron chi connectivity index (χ2n) is 4.45. The van der Waals surface area contributed by atoms with Crippen LogP contribution in [-0.2, 0) is 6.42 Å². The molecule has 0 aliphatic heterocycles. The first kappa shape index (κ1) is 22.3. The standard InChI is InChI=1S/C15H13I4NO2.ClH/c1-21-14-12(18)6-9(7-13(14)19)22-15-10(16)4-8(2-3-20)5-11(15)17;/h4-7H,2-3,20H2,1H3;1H. The molecule has 0 bridgehead atoms. The molecule has 0 aliphatic rings. The van der Waals surface area contributed by atoms with Gasteiger partial charge in [-0.15, -0.1) is 12.4 Å². The zero-order valence-corrected chi connectivity index (χ0v) is 21.5. The van der Waals surface area contributed by atoms with Gasteiger partial charge in [0.2, 0.25) is 0 Å². The summed E-state index contributed by atoms with van der Waals surface area (Å²) in [7, 11) is 1.68. The predicted octanol–water partition coefficient (Wildman–Crippen LogP) is 5.83. The third kappa shape index (κ3) is 5.86. The molecule has 0 spiro atoms. The first-order valence-corrected chi connectivity index (χ1v) is 10.7. The van der Waals surface area contributed by atoms with Crippen LogP contribution in [0.15, 0.2) is 24.3 Å². The molecule has 0 saturated heterocycles. The van der Waals surface area contributed by atoms with Crippen molar-refractivity contribution in [3.8, 4) is 17.2 Å². The second-order valence-corrected chi connectivity index (χ2v) is 9.10. The van der Waals surface area contributed by atoms with Crippen molar-refractivity contribution in [1.82, 2.24) is 0 Å². The average Bonchev–Trinajstić information content (AvgIpc) is 2.43. The number of ether oxygens (including phenoxy) is 2. The van der Waals surface area contributed by atoms with E-state index in [0.717, 1.165) is 38.0 Å². The number of methoxy groups -OCH3 is 1. The molecule has 3 nitrogen and oxygen atoms in total. The van der Waals surface area contributed by atoms with Crippen molar-refractivity contribution in [3.05, 3.63) is 44.1 Å². The fourth-order valence-electron chi connectivity index (χ4n) is 1.93. The molecule has 0 aromatic heterocycles. The lowest BCUT2D eigenvalue weighted by Crippen LogP contribution is -2.04. The van der Waals surface area contributed by atoms with Gasteiger partial charge in [0.25, 0.3) is 0 Å². The summed E-state index contributed by atoms with van der Waals surface area (Å²) >= 11 is 9.14. The summed E-state index contributed by atoms with van der Waals surface area (Å²) in [4.78, 5) is 0. The maximum Gasteiger partial charge on any atom is 0.154 e. The van der Waals surface area contributed by atoms with Crippen LogP contribution < -0.4 is 15.2 Å². The molecule has 23 heavy (non-hydrogen) atoms. The van der Waals surface area contributed by atoms with Crippen LogP contribution in [0.25, 0.3) is 0 Å². The highest BCUT2D eigenvalue weighted by Gasteiger charge is 2.13. The van der Waals surface area contributed by atoms with Crippen LogP contribution in [0.5, 0.6) is 17.2 Å². The van der Waals surface area contributed by atoms with Gasteiger partial charge in [-0.1, -0.05) is 0 Å². The Morgan fingerprint density at radius 3 is 1.78 bits per heavy atom. The van der Waals surface area contributed by atoms with E-state index in [2.05, 4.69) is 102 Å². The van der Waals surface area contributed by atoms with Crippen LogP contribution in [-0.4, -0.2) is 13.7 Å². The lowest BCUT2D eigenvalue weighted by molar-refractivity contribution is 0.406. The minimum absolute atomic E-state index is 0. The summed E-state index contributed by atoms with van der Waals surface area (Å²) in [5.74, 6) is 2.59. The van der Waals surface area contributed by atoms with E-state index in [1.165, 1.54) is 5.56 Å². The largest absolute Gasteiger partial charge is 0.495 e. The monoisotopic (exact) mass is 783 g/mol. The van der Waals surface area contributed by atoms with Crippen LogP contribution in [0.4, 0.5) is 0 Å². The normalized spacial score (nSPS) is 10.2. The van der Waals surface area contributed by atoms with Crippen LogP contribution >= 0.6 is 103 Å². The van der Waals surface area contributed by atoms with Crippen LogP contribution in [0.3, 0.4) is 0 Å². The molecule has 2 aromatic carbocycles. The second kappa shape index (κ2) is 10.4. The molecule has 2 rings (SSSR count). The Balaban J connectivity index is 0.00000264. The van der Waals surface area contributed by atoms with Gasteiger partial charge < -0.3 is 15.2 Å². The van der Waals surface area contributed by atoms with Gasteiger partial charge in [0.1, 0.15) is 11.5 Å². The summed E-state index contributed by atoms with van der Waals surface area (Å²) in [6, 6.07) is 8.23. The van der Waals surface area contributed by atoms with Gasteiger partial charge >= 0.3 is 0 Å². The fraction of sp³-hybridized carbons (Fsp3) is 0.200. The SMILES string of the molecule is COc1c(I)cc(Oc2c(I)cc(CCN)cc2I)cc1I.Cl. The third-order valence-corrected chi connectivity index (χ3v) is 6.09. The zero-order chi connectivity index (χ0) is 16.3. The maximum absolute atomic E-state index is 6.12. The van der Waals surface area contributed by atoms with Gasteiger partial charge in [0, 0.05) is 0 Å². The molecular weight excluding hydrogens is 769 g/mol. The maximum atomic E-state index is 6.12. The third-order valence-electron chi connectivity index (χ3n) is 2.89. The van der Waals surface area contributed by atoms with Gasteiger partial charge in [0.15, 0.2) is 5.75 Å². The molecule has 0 unspecified atom stereocenters. The van der Waals surface area contributed by atoms with E-state index < -0.39 is 0 Å². The van der Waals surface area contributed by atoms with Gasteiger partial charge in [-0.25, -0.2) is 0 Å². The molecule has 0 atom stereocenters. The Labute approximate surface area is 196 Å². The number of nitrogens with two attached hydrogens (primary N) is 1. The Kier molecular flexibility index (Phi) is 10.0. The Morgan fingerprint density at radius 1 is 0.870 bits per heavy atom. The summed E-state index contributed by atoms with van der Waals surface area (Å²) in [5, 5.41) is 0. The molecule has 0 saturated carbocycles. The summed E-state index contributed by atoms with van der Waals surface area (Å²) in [5.41, 5.74) is 6.87. The minimum atomic E-state index is 0. The van der Waals surface area contributed by atoms with Crippen molar-refractivity contribution in [1.29, 1.82) is 0 Å². The smallest absolute Gasteiger partial charge is 0.154 e. The molecule has 0 radical (unpaired) electrons. The Hall–Kier alpha value is 1.21. The zero-order valence-electron chi connectivity index (χ0n) is 12.0. The first-order valence-electron chi connectivity index (χ1n) is 6.35. The summed E-state index contributed by atoms with van der Waals surface area (Å²) < 4.78 is 15.8. The molecule has 8 heteroatoms. The van der Waals surface area contributed by atoms with E-state index in [1.807, 2.05) is 12.1 Å². The molecule has 126 valence electrons. The predicted molar refractivity (Wildman–Crippen MR) is 130 cm³/mol. The van der Waals surface area contributed by atoms with E-state index >= 15 is 0 Å². The molecular formula is C15H14ClI4NO2. The van der Waals surface area contributed by atoms with Crippen molar-refractivity contribution in [3.63, 3.8) is 0 Å². The minimum Gasteiger partial charge on any atom is -0.495 e. The van der Waals surface area contributed by atoms with E-state index in [1.54, 1.807) is 7.11 Å². The fourth-order valence-corrected chi connectivity index (χ4v) is 6.20. The van der Waals surface area contributed by atoms with E-state index in [-0.39, 0.29) is 12.4 Å². The molecule has 0 fully saturated rings. The van der Waals surface area contributed by atoms with Gasteiger partial charge in [-0.2, -0.15) is 0 Å². The van der Waals surface area contributed by atoms with Gasteiger partial charge in [0.05, 0.1) is 21.4 Å². The number of benzene rings is 2. The van der Waals surface area contributed by atoms with Crippen molar-refractivity contribution in [2.75, 3.05) is 13.7 Å². The lowest BCUT2D eigenvalue weighted by atomic mass is 10.1. The molecule has 2 N–H and O–H groups in total. The highest BCUT2D eigenvalue weighted by Crippen LogP contribution is 2.37. The van der Waals surface area contributed by atoms with Gasteiger partial charge in [-0.05, 0) is 133 Å². The van der Waals surface area contributed by atoms with E-state index in [4.69, 9.17) is 15.2 Å². The number of hydrogen-bond acceptors (Lipinski definition) is 3. The highest BCUT2D eigenvalue weighted by molar-refractivity contribution is 14.1. The van der Waals surface area contributed by atoms with E-state index in [9.17, 15) is 0 Å². The van der Waals surface area contributed by atoms with Crippen molar-refractivity contribution >= 4 is 103 Å². The molecule has 0 heterocycles. The Bertz CT molecular complexity index is 651. The Morgan fingerprint density at radius 2 is 1.35 bits per heavy atom. The highest BCUT2D eigenvalue weighted by atomic mass is 127. The van der Waals surface area contributed by atoms with Crippen molar-refractivity contribution < 1.29 is 9.47 Å².